The number of nitrogens with one attached hydrogen (secondary N) is 1. The number of nitrogens with zero attached hydrogens (tertiary/aromatic N) is 4. The summed E-state index contributed by atoms with van der Waals surface area (Å²) in [5, 5.41) is 7.28. The van der Waals surface area contributed by atoms with Gasteiger partial charge >= 0.3 is 6.09 Å². The Morgan fingerprint density at radius 3 is 2.36 bits per heavy atom. The van der Waals surface area contributed by atoms with E-state index >= 15 is 4.39 Å². The Hall–Kier alpha value is -4.49. The highest BCUT2D eigenvalue weighted by Crippen LogP contribution is 2.36. The topological polar surface area (TPSA) is 117 Å². The summed E-state index contributed by atoms with van der Waals surface area (Å²) in [7, 11) is 0. The van der Waals surface area contributed by atoms with Gasteiger partial charge < -0.3 is 20.5 Å². The first-order valence-corrected chi connectivity index (χ1v) is 11.6. The quantitative estimate of drug-likeness (QED) is 0.178. The lowest BCUT2D eigenvalue weighted by Gasteiger charge is -2.19. The number of amides is 1. The summed E-state index contributed by atoms with van der Waals surface area (Å²) in [6, 6.07) is 3.13. The van der Waals surface area contributed by atoms with Crippen LogP contribution in [0.3, 0.4) is 0 Å². The molecular weight excluding hydrogens is 527 g/mol. The summed E-state index contributed by atoms with van der Waals surface area (Å²) in [6.45, 7) is 5.73. The maximum absolute atomic E-state index is 15.2. The predicted octanol–water partition coefficient (Wildman–Crippen LogP) is 5.48. The molecule has 206 valence electrons. The van der Waals surface area contributed by atoms with Crippen molar-refractivity contribution in [1.82, 2.24) is 25.1 Å². The number of nitrogens with two attached hydrogens (primary N) is 1. The standard InChI is InChI=1S/C25H23F5N6O3/c1-25(2,3)39-24(37)32-7-4-8-36-23-17(22(31)33-11-34-23)20(35-36)13-6-5-12(9-14(13)26)38-21-18(29)15(27)10-16(28)19(21)30/h5-6,9-11H,4,7-8H2,1-3H3,(H,32,37)(H2,31,33,34). The van der Waals surface area contributed by atoms with Gasteiger partial charge in [0, 0.05) is 30.8 Å². The molecule has 0 spiro atoms. The van der Waals surface area contributed by atoms with Crippen LogP contribution in [0.1, 0.15) is 27.2 Å². The van der Waals surface area contributed by atoms with Crippen molar-refractivity contribution in [2.24, 2.45) is 0 Å². The van der Waals surface area contributed by atoms with Crippen LogP contribution >= 0.6 is 0 Å². The van der Waals surface area contributed by atoms with Crippen molar-refractivity contribution < 1.29 is 36.2 Å². The van der Waals surface area contributed by atoms with Crippen LogP contribution in [0.15, 0.2) is 30.6 Å². The lowest BCUT2D eigenvalue weighted by Crippen LogP contribution is -2.33. The van der Waals surface area contributed by atoms with Crippen LogP contribution in [0.4, 0.5) is 32.6 Å². The number of hydrogen-bond donors (Lipinski definition) is 2. The molecule has 0 aliphatic heterocycles. The second-order valence-corrected chi connectivity index (χ2v) is 9.35. The van der Waals surface area contributed by atoms with Gasteiger partial charge in [-0.2, -0.15) is 13.9 Å². The lowest BCUT2D eigenvalue weighted by atomic mass is 10.1. The van der Waals surface area contributed by atoms with Gasteiger partial charge in [0.1, 0.15) is 35.0 Å². The van der Waals surface area contributed by atoms with Crippen LogP contribution in [-0.2, 0) is 11.3 Å². The minimum Gasteiger partial charge on any atom is -0.451 e. The molecule has 0 fully saturated rings. The van der Waals surface area contributed by atoms with Gasteiger partial charge in [-0.15, -0.1) is 0 Å². The molecule has 2 aromatic heterocycles. The summed E-state index contributed by atoms with van der Waals surface area (Å²) in [5.74, 6) is -9.58. The van der Waals surface area contributed by atoms with E-state index in [0.29, 0.717) is 12.1 Å². The number of fused-ring (bicyclic) bond motifs is 1. The molecule has 0 bridgehead atoms. The molecule has 0 saturated carbocycles. The number of aryl methyl sites for hydroxylation is 1. The molecule has 4 aromatic rings. The average Bonchev–Trinajstić information content (AvgIpc) is 3.22. The smallest absolute Gasteiger partial charge is 0.407 e. The molecule has 3 N–H and O–H groups in total. The second kappa shape index (κ2) is 10.7. The van der Waals surface area contributed by atoms with E-state index in [0.717, 1.165) is 12.1 Å². The van der Waals surface area contributed by atoms with E-state index < -0.39 is 52.3 Å². The molecule has 2 heterocycles. The van der Waals surface area contributed by atoms with Crippen molar-refractivity contribution in [2.75, 3.05) is 12.3 Å². The van der Waals surface area contributed by atoms with Gasteiger partial charge in [-0.1, -0.05) is 0 Å². The van der Waals surface area contributed by atoms with Crippen molar-refractivity contribution in [3.8, 4) is 22.8 Å². The zero-order valence-corrected chi connectivity index (χ0v) is 21.0. The number of benzene rings is 2. The molecule has 39 heavy (non-hydrogen) atoms. The maximum atomic E-state index is 15.2. The first kappa shape index (κ1) is 27.5. The highest BCUT2D eigenvalue weighted by atomic mass is 19.2. The van der Waals surface area contributed by atoms with Crippen molar-refractivity contribution >= 4 is 22.9 Å². The zero-order chi connectivity index (χ0) is 28.5. The highest BCUT2D eigenvalue weighted by molar-refractivity contribution is 5.98. The minimum atomic E-state index is -1.77. The maximum Gasteiger partial charge on any atom is 0.407 e. The van der Waals surface area contributed by atoms with E-state index in [4.69, 9.17) is 15.2 Å². The molecule has 1 amide bonds. The molecule has 4 rings (SSSR count). The van der Waals surface area contributed by atoms with Crippen molar-refractivity contribution in [2.45, 2.75) is 39.3 Å². The zero-order valence-electron chi connectivity index (χ0n) is 21.0. The fourth-order valence-electron chi connectivity index (χ4n) is 3.62. The number of carbonyl (C=O) groups excluding carboxylic acids is 1. The Balaban J connectivity index is 1.59. The van der Waals surface area contributed by atoms with Gasteiger partial charge in [-0.3, -0.25) is 0 Å². The van der Waals surface area contributed by atoms with Gasteiger partial charge in [-0.25, -0.2) is 32.6 Å². The number of ether oxygens (including phenoxy) is 2. The number of hydrogen-bond acceptors (Lipinski definition) is 7. The van der Waals surface area contributed by atoms with Crippen LogP contribution in [-0.4, -0.2) is 38.0 Å². The minimum absolute atomic E-state index is 0.0206. The predicted molar refractivity (Wildman–Crippen MR) is 130 cm³/mol. The van der Waals surface area contributed by atoms with Crippen LogP contribution in [0.2, 0.25) is 0 Å². The summed E-state index contributed by atoms with van der Waals surface area (Å²) in [5.41, 5.74) is 5.67. The number of anilines is 1. The summed E-state index contributed by atoms with van der Waals surface area (Å²) < 4.78 is 81.7. The molecule has 14 heteroatoms. The van der Waals surface area contributed by atoms with Gasteiger partial charge in [0.25, 0.3) is 0 Å². The monoisotopic (exact) mass is 550 g/mol. The van der Waals surface area contributed by atoms with E-state index in [2.05, 4.69) is 20.4 Å². The van der Waals surface area contributed by atoms with Crippen LogP contribution in [0, 0.1) is 29.1 Å². The number of carbonyl (C=O) groups is 1. The largest absolute Gasteiger partial charge is 0.451 e. The summed E-state index contributed by atoms with van der Waals surface area (Å²) >= 11 is 0. The number of halogens is 5. The van der Waals surface area contributed by atoms with Crippen molar-refractivity contribution in [1.29, 1.82) is 0 Å². The average molecular weight is 550 g/mol. The van der Waals surface area contributed by atoms with E-state index in [1.54, 1.807) is 20.8 Å². The fraction of sp³-hybridized carbons (Fsp3) is 0.280. The molecule has 0 radical (unpaired) electrons. The van der Waals surface area contributed by atoms with Crippen LogP contribution in [0.25, 0.3) is 22.3 Å². The molecule has 0 aliphatic carbocycles. The van der Waals surface area contributed by atoms with Crippen molar-refractivity contribution in [3.05, 3.63) is 59.7 Å². The number of aromatic nitrogens is 4. The van der Waals surface area contributed by atoms with Crippen LogP contribution in [0.5, 0.6) is 11.5 Å². The normalized spacial score (nSPS) is 11.6. The molecule has 2 aromatic carbocycles. The molecule has 0 saturated heterocycles. The Morgan fingerprint density at radius 1 is 1.03 bits per heavy atom. The fourth-order valence-corrected chi connectivity index (χ4v) is 3.62. The van der Waals surface area contributed by atoms with Crippen LogP contribution < -0.4 is 15.8 Å². The van der Waals surface area contributed by atoms with Crippen molar-refractivity contribution in [3.63, 3.8) is 0 Å². The van der Waals surface area contributed by atoms with E-state index in [9.17, 15) is 22.4 Å². The SMILES string of the molecule is CC(C)(C)OC(=O)NCCCn1nc(-c2ccc(Oc3c(F)c(F)cc(F)c3F)cc2F)c2c(N)ncnc21. The van der Waals surface area contributed by atoms with Gasteiger partial charge in [0.2, 0.25) is 17.4 Å². The summed E-state index contributed by atoms with van der Waals surface area (Å²) in [6.07, 6.45) is 1.05. The third kappa shape index (κ3) is 5.99. The second-order valence-electron chi connectivity index (χ2n) is 9.35. The summed E-state index contributed by atoms with van der Waals surface area (Å²) in [4.78, 5) is 20.0. The third-order valence-electron chi connectivity index (χ3n) is 5.26. The molecular formula is C25H23F5N6O3. The lowest BCUT2D eigenvalue weighted by molar-refractivity contribution is 0.0526. The Bertz CT molecular complexity index is 1530. The Morgan fingerprint density at radius 2 is 1.72 bits per heavy atom. The van der Waals surface area contributed by atoms with Gasteiger partial charge in [0.05, 0.1) is 5.39 Å². The molecule has 0 aliphatic rings. The molecule has 0 unspecified atom stereocenters. The van der Waals surface area contributed by atoms with E-state index in [1.165, 1.54) is 17.1 Å². The van der Waals surface area contributed by atoms with Gasteiger partial charge in [-0.05, 0) is 39.3 Å². The molecule has 0 atom stereocenters. The number of rotatable bonds is 7. The molecule has 9 nitrogen and oxygen atoms in total. The number of alkyl carbamates (subject to hydrolysis) is 1. The highest BCUT2D eigenvalue weighted by Gasteiger charge is 2.23. The Labute approximate surface area is 218 Å². The first-order chi connectivity index (χ1) is 18.4. The van der Waals surface area contributed by atoms with E-state index in [-0.39, 0.29) is 41.6 Å². The third-order valence-corrected chi connectivity index (χ3v) is 5.26. The number of nitrogen functional groups attached to an aromatic ring is 1. The van der Waals surface area contributed by atoms with E-state index in [1.807, 2.05) is 0 Å². The Kier molecular flexibility index (Phi) is 7.56. The first-order valence-electron chi connectivity index (χ1n) is 11.6. The van der Waals surface area contributed by atoms with Gasteiger partial charge in [0.15, 0.2) is 17.3 Å².